The van der Waals surface area contributed by atoms with Gasteiger partial charge in [-0.3, -0.25) is 9.59 Å². The number of aliphatic carboxylic acids is 1. The van der Waals surface area contributed by atoms with Crippen molar-refractivity contribution in [2.24, 2.45) is 5.41 Å². The summed E-state index contributed by atoms with van der Waals surface area (Å²) in [4.78, 5) is 26.3. The third-order valence-corrected chi connectivity index (χ3v) is 5.02. The topological polar surface area (TPSA) is 84.7 Å². The van der Waals surface area contributed by atoms with Crippen LogP contribution in [-0.4, -0.2) is 58.5 Å². The third-order valence-electron chi connectivity index (χ3n) is 5.02. The van der Waals surface area contributed by atoms with Crippen molar-refractivity contribution in [1.29, 1.82) is 0 Å². The van der Waals surface area contributed by atoms with E-state index in [4.69, 9.17) is 4.74 Å². The molecule has 3 rings (SSSR count). The van der Waals surface area contributed by atoms with Crippen molar-refractivity contribution in [1.82, 2.24) is 14.7 Å². The molecular formula is C19H22FN3O4. The lowest BCUT2D eigenvalue weighted by molar-refractivity contribution is -0.151. The fraction of sp³-hybridized carbons (Fsp3) is 0.421. The van der Waals surface area contributed by atoms with E-state index in [-0.39, 0.29) is 24.9 Å². The summed E-state index contributed by atoms with van der Waals surface area (Å²) in [5, 5.41) is 13.9. The zero-order valence-electron chi connectivity index (χ0n) is 15.3. The first-order valence-electron chi connectivity index (χ1n) is 8.76. The van der Waals surface area contributed by atoms with Gasteiger partial charge < -0.3 is 14.7 Å². The second-order valence-electron chi connectivity index (χ2n) is 6.74. The number of hydrogen-bond donors (Lipinski definition) is 1. The van der Waals surface area contributed by atoms with Gasteiger partial charge in [-0.25, -0.2) is 9.07 Å². The van der Waals surface area contributed by atoms with Crippen LogP contribution >= 0.6 is 0 Å². The molecule has 0 spiro atoms. The first-order valence-corrected chi connectivity index (χ1v) is 8.76. The number of methoxy groups -OCH3 is 1. The largest absolute Gasteiger partial charge is 0.481 e. The monoisotopic (exact) mass is 375 g/mol. The van der Waals surface area contributed by atoms with Crippen molar-refractivity contribution in [3.63, 3.8) is 0 Å². The maximum absolute atomic E-state index is 13.2. The number of rotatable bonds is 6. The first kappa shape index (κ1) is 19.0. The van der Waals surface area contributed by atoms with Crippen LogP contribution in [0.25, 0.3) is 5.69 Å². The average molecular weight is 375 g/mol. The molecule has 7 nitrogen and oxygen atoms in total. The van der Waals surface area contributed by atoms with Crippen LogP contribution in [0.15, 0.2) is 30.5 Å². The average Bonchev–Trinajstić information content (AvgIpc) is 3.27. The van der Waals surface area contributed by atoms with Gasteiger partial charge in [-0.15, -0.1) is 0 Å². The van der Waals surface area contributed by atoms with Crippen LogP contribution in [0.2, 0.25) is 0 Å². The van der Waals surface area contributed by atoms with Crippen LogP contribution < -0.4 is 0 Å². The van der Waals surface area contributed by atoms with Gasteiger partial charge in [-0.1, -0.05) is 6.92 Å². The number of carbonyl (C=O) groups excluding carboxylic acids is 1. The summed E-state index contributed by atoms with van der Waals surface area (Å²) in [5.41, 5.74) is 0.712. The van der Waals surface area contributed by atoms with Crippen LogP contribution in [0.4, 0.5) is 4.39 Å². The van der Waals surface area contributed by atoms with Crippen LogP contribution in [0.5, 0.6) is 0 Å². The Morgan fingerprint density at radius 1 is 1.33 bits per heavy atom. The van der Waals surface area contributed by atoms with Crippen molar-refractivity contribution in [2.75, 3.05) is 26.8 Å². The van der Waals surface area contributed by atoms with Crippen molar-refractivity contribution < 1.29 is 23.8 Å². The molecule has 144 valence electrons. The van der Waals surface area contributed by atoms with E-state index in [9.17, 15) is 19.1 Å². The predicted octanol–water partition coefficient (Wildman–Crippen LogP) is 2.14. The molecule has 1 amide bonds. The summed E-state index contributed by atoms with van der Waals surface area (Å²) < 4.78 is 19.9. The molecule has 2 heterocycles. The van der Waals surface area contributed by atoms with Crippen molar-refractivity contribution in [3.05, 3.63) is 47.5 Å². The molecule has 0 bridgehead atoms. The summed E-state index contributed by atoms with van der Waals surface area (Å²) in [6.07, 6.45) is 2.38. The molecule has 27 heavy (non-hydrogen) atoms. The minimum absolute atomic E-state index is 0.0571. The standard InChI is InChI=1S/C19H22FN3O4/c1-3-16-15(10-21-23(16)14-6-4-13(20)5-7-14)17(24)22-9-8-19(11-22,12-27-2)18(25)26/h4-7,10H,3,8-9,11-12H2,1-2H3,(H,25,26). The van der Waals surface area contributed by atoms with Gasteiger partial charge in [-0.05, 0) is 37.1 Å². The lowest BCUT2D eigenvalue weighted by Gasteiger charge is -2.23. The molecule has 1 aliphatic heterocycles. The quantitative estimate of drug-likeness (QED) is 0.836. The number of nitrogens with zero attached hydrogens (tertiary/aromatic N) is 3. The summed E-state index contributed by atoms with van der Waals surface area (Å²) >= 11 is 0. The Morgan fingerprint density at radius 3 is 2.63 bits per heavy atom. The van der Waals surface area contributed by atoms with E-state index >= 15 is 0 Å². The van der Waals surface area contributed by atoms with Crippen molar-refractivity contribution >= 4 is 11.9 Å². The van der Waals surface area contributed by atoms with E-state index < -0.39 is 11.4 Å². The minimum Gasteiger partial charge on any atom is -0.481 e. The van der Waals surface area contributed by atoms with Gasteiger partial charge in [0.1, 0.15) is 11.2 Å². The highest BCUT2D eigenvalue weighted by Crippen LogP contribution is 2.32. The minimum atomic E-state index is -1.08. The highest BCUT2D eigenvalue weighted by Gasteiger charge is 2.46. The number of benzene rings is 1. The van der Waals surface area contributed by atoms with Gasteiger partial charge in [0, 0.05) is 20.2 Å². The third kappa shape index (κ3) is 3.44. The van der Waals surface area contributed by atoms with E-state index in [0.717, 1.165) is 0 Å². The maximum Gasteiger partial charge on any atom is 0.313 e. The molecule has 1 aliphatic rings. The van der Waals surface area contributed by atoms with Gasteiger partial charge in [0.15, 0.2) is 0 Å². The molecule has 2 aromatic rings. The zero-order valence-corrected chi connectivity index (χ0v) is 15.3. The van der Waals surface area contributed by atoms with Crippen LogP contribution in [0.3, 0.4) is 0 Å². The fourth-order valence-corrected chi connectivity index (χ4v) is 3.54. The molecule has 8 heteroatoms. The molecule has 1 aromatic heterocycles. The number of carboxylic acid groups (broad SMARTS) is 1. The summed E-state index contributed by atoms with van der Waals surface area (Å²) in [5.74, 6) is -1.56. The lowest BCUT2D eigenvalue weighted by Crippen LogP contribution is -2.40. The Morgan fingerprint density at radius 2 is 2.04 bits per heavy atom. The molecule has 0 aliphatic carbocycles. The molecule has 1 N–H and O–H groups in total. The SMILES string of the molecule is CCc1c(C(=O)N2CCC(COC)(C(=O)O)C2)cnn1-c1ccc(F)cc1. The van der Waals surface area contributed by atoms with E-state index in [1.165, 1.54) is 30.3 Å². The number of hydrogen-bond acceptors (Lipinski definition) is 4. The number of likely N-dealkylation sites (tertiary alicyclic amines) is 1. The lowest BCUT2D eigenvalue weighted by atomic mass is 9.88. The highest BCUT2D eigenvalue weighted by atomic mass is 19.1. The van der Waals surface area contributed by atoms with Gasteiger partial charge in [0.2, 0.25) is 0 Å². The summed E-state index contributed by atoms with van der Waals surface area (Å²) in [6.45, 7) is 2.41. The van der Waals surface area contributed by atoms with Crippen LogP contribution in [0, 0.1) is 11.2 Å². The van der Waals surface area contributed by atoms with Gasteiger partial charge in [-0.2, -0.15) is 5.10 Å². The number of ether oxygens (including phenoxy) is 1. The first-order chi connectivity index (χ1) is 12.9. The smallest absolute Gasteiger partial charge is 0.313 e. The Balaban J connectivity index is 1.88. The number of aromatic nitrogens is 2. The molecule has 1 unspecified atom stereocenters. The Labute approximate surface area is 156 Å². The summed E-state index contributed by atoms with van der Waals surface area (Å²) in [6, 6.07) is 5.87. The highest BCUT2D eigenvalue weighted by molar-refractivity contribution is 5.96. The molecule has 1 atom stereocenters. The number of halogens is 1. The van der Waals surface area contributed by atoms with Crippen LogP contribution in [0.1, 0.15) is 29.4 Å². The number of carbonyl (C=O) groups is 2. The van der Waals surface area contributed by atoms with E-state index in [0.29, 0.717) is 36.3 Å². The number of carboxylic acids is 1. The van der Waals surface area contributed by atoms with E-state index in [1.54, 1.807) is 16.8 Å². The maximum atomic E-state index is 13.2. The molecule has 1 aromatic carbocycles. The molecule has 1 saturated heterocycles. The predicted molar refractivity (Wildman–Crippen MR) is 95.4 cm³/mol. The summed E-state index contributed by atoms with van der Waals surface area (Å²) in [7, 11) is 1.46. The molecule has 1 fully saturated rings. The normalized spacial score (nSPS) is 19.4. The zero-order chi connectivity index (χ0) is 19.6. The Bertz CT molecular complexity index is 849. The van der Waals surface area contributed by atoms with Gasteiger partial charge in [0.25, 0.3) is 5.91 Å². The second kappa shape index (κ2) is 7.48. The van der Waals surface area contributed by atoms with Gasteiger partial charge in [0.05, 0.1) is 29.7 Å². The van der Waals surface area contributed by atoms with Crippen LogP contribution in [-0.2, 0) is 16.0 Å². The second-order valence-corrected chi connectivity index (χ2v) is 6.74. The Hall–Kier alpha value is -2.74. The van der Waals surface area contributed by atoms with Crippen molar-refractivity contribution in [2.45, 2.75) is 19.8 Å². The molecular weight excluding hydrogens is 353 g/mol. The molecule has 0 saturated carbocycles. The van der Waals surface area contributed by atoms with Crippen molar-refractivity contribution in [3.8, 4) is 5.69 Å². The fourth-order valence-electron chi connectivity index (χ4n) is 3.54. The van der Waals surface area contributed by atoms with E-state index in [1.807, 2.05) is 6.92 Å². The van der Waals surface area contributed by atoms with Gasteiger partial charge >= 0.3 is 5.97 Å². The molecule has 0 radical (unpaired) electrons. The Kier molecular flexibility index (Phi) is 5.27. The van der Waals surface area contributed by atoms with E-state index in [2.05, 4.69) is 5.10 Å². The number of amides is 1.